The molecule has 0 atom stereocenters. The number of aliphatic hydroxyl groups is 1. The second-order valence-electron chi connectivity index (χ2n) is 4.06. The van der Waals surface area contributed by atoms with Crippen LogP contribution in [0.5, 0.6) is 0 Å². The summed E-state index contributed by atoms with van der Waals surface area (Å²) in [7, 11) is 0. The van der Waals surface area contributed by atoms with Gasteiger partial charge in [0.15, 0.2) is 0 Å². The van der Waals surface area contributed by atoms with E-state index in [2.05, 4.69) is 16.5 Å². The lowest BCUT2D eigenvalue weighted by molar-refractivity contribution is 0.0365. The maximum Gasteiger partial charge on any atom is 0.267 e. The van der Waals surface area contributed by atoms with Crippen molar-refractivity contribution in [2.45, 2.75) is 19.8 Å². The lowest BCUT2D eigenvalue weighted by Crippen LogP contribution is -2.51. The molecule has 6 heteroatoms. The molecular formula is C10H15N3O2S. The largest absolute Gasteiger partial charge is 0.396 e. The summed E-state index contributed by atoms with van der Waals surface area (Å²) in [5.74, 6) is 0.266. The van der Waals surface area contributed by atoms with Crippen LogP contribution in [0.4, 0.5) is 0 Å². The van der Waals surface area contributed by atoms with Crippen molar-refractivity contribution in [2.24, 2.45) is 5.92 Å². The molecule has 1 aliphatic rings. The first kappa shape index (κ1) is 11.5. The molecule has 0 bridgehead atoms. The first-order valence-electron chi connectivity index (χ1n) is 5.47. The molecule has 0 aromatic carbocycles. The van der Waals surface area contributed by atoms with Crippen LogP contribution in [-0.4, -0.2) is 45.2 Å². The van der Waals surface area contributed by atoms with Gasteiger partial charge in [-0.1, -0.05) is 17.8 Å². The summed E-state index contributed by atoms with van der Waals surface area (Å²) < 4.78 is 3.84. The van der Waals surface area contributed by atoms with Crippen LogP contribution in [0.3, 0.4) is 0 Å². The van der Waals surface area contributed by atoms with Gasteiger partial charge in [-0.3, -0.25) is 4.79 Å². The summed E-state index contributed by atoms with van der Waals surface area (Å²) in [6.45, 7) is 3.52. The van der Waals surface area contributed by atoms with Gasteiger partial charge >= 0.3 is 0 Å². The van der Waals surface area contributed by atoms with Crippen molar-refractivity contribution in [1.29, 1.82) is 0 Å². The van der Waals surface area contributed by atoms with Gasteiger partial charge < -0.3 is 10.0 Å². The third-order valence-corrected chi connectivity index (χ3v) is 3.50. The highest BCUT2D eigenvalue weighted by molar-refractivity contribution is 7.08. The Balaban J connectivity index is 2.01. The third kappa shape index (κ3) is 2.08. The standard InChI is InChI=1S/C10H15N3O2S/c1-2-3-8-9(16-12-11-8)10(15)13-4-7(5-13)6-14/h7,14H,2-6H2,1H3. The molecule has 2 heterocycles. The lowest BCUT2D eigenvalue weighted by Gasteiger charge is -2.37. The van der Waals surface area contributed by atoms with Gasteiger partial charge in [0, 0.05) is 25.6 Å². The number of rotatable bonds is 4. The van der Waals surface area contributed by atoms with Crippen LogP contribution >= 0.6 is 11.5 Å². The van der Waals surface area contributed by atoms with E-state index in [0.29, 0.717) is 18.0 Å². The maximum absolute atomic E-state index is 12.0. The molecule has 1 amide bonds. The van der Waals surface area contributed by atoms with Crippen LogP contribution in [0.1, 0.15) is 28.7 Å². The van der Waals surface area contributed by atoms with Crippen molar-refractivity contribution in [2.75, 3.05) is 19.7 Å². The van der Waals surface area contributed by atoms with E-state index in [1.54, 1.807) is 4.90 Å². The van der Waals surface area contributed by atoms with Gasteiger partial charge in [-0.2, -0.15) is 0 Å². The van der Waals surface area contributed by atoms with Crippen LogP contribution in [-0.2, 0) is 6.42 Å². The Hall–Kier alpha value is -1.01. The third-order valence-electron chi connectivity index (χ3n) is 2.74. The Morgan fingerprint density at radius 2 is 2.38 bits per heavy atom. The quantitative estimate of drug-likeness (QED) is 0.836. The number of nitrogens with zero attached hydrogens (tertiary/aromatic N) is 3. The number of amides is 1. The highest BCUT2D eigenvalue weighted by Crippen LogP contribution is 2.21. The molecule has 0 unspecified atom stereocenters. The molecule has 1 fully saturated rings. The number of hydrogen-bond donors (Lipinski definition) is 1. The molecule has 1 aliphatic heterocycles. The fourth-order valence-electron chi connectivity index (χ4n) is 1.77. The van der Waals surface area contributed by atoms with Crippen molar-refractivity contribution in [1.82, 2.24) is 14.5 Å². The number of hydrogen-bond acceptors (Lipinski definition) is 5. The molecule has 2 rings (SSSR count). The molecule has 1 aromatic heterocycles. The highest BCUT2D eigenvalue weighted by Gasteiger charge is 2.32. The van der Waals surface area contributed by atoms with Crippen molar-refractivity contribution in [3.8, 4) is 0 Å². The van der Waals surface area contributed by atoms with Crippen LogP contribution in [0.15, 0.2) is 0 Å². The predicted molar refractivity (Wildman–Crippen MR) is 60.4 cm³/mol. The summed E-state index contributed by atoms with van der Waals surface area (Å²) in [6.07, 6.45) is 1.76. The van der Waals surface area contributed by atoms with E-state index in [0.717, 1.165) is 18.5 Å². The van der Waals surface area contributed by atoms with Crippen LogP contribution < -0.4 is 0 Å². The number of aromatic nitrogens is 2. The van der Waals surface area contributed by atoms with Gasteiger partial charge in [0.25, 0.3) is 5.91 Å². The molecule has 0 saturated carbocycles. The summed E-state index contributed by atoms with van der Waals surface area (Å²) >= 11 is 1.17. The van der Waals surface area contributed by atoms with Crippen molar-refractivity contribution in [3.05, 3.63) is 10.6 Å². The second kappa shape index (κ2) is 4.88. The fraction of sp³-hybridized carbons (Fsp3) is 0.700. The number of carbonyl (C=O) groups excluding carboxylic acids is 1. The number of aliphatic hydroxyl groups excluding tert-OH is 1. The highest BCUT2D eigenvalue weighted by atomic mass is 32.1. The van der Waals surface area contributed by atoms with E-state index in [9.17, 15) is 4.79 Å². The molecule has 88 valence electrons. The SMILES string of the molecule is CCCc1nnsc1C(=O)N1CC(CO)C1. The minimum Gasteiger partial charge on any atom is -0.396 e. The van der Waals surface area contributed by atoms with Crippen LogP contribution in [0.2, 0.25) is 0 Å². The van der Waals surface area contributed by atoms with Crippen molar-refractivity contribution < 1.29 is 9.90 Å². The van der Waals surface area contributed by atoms with Gasteiger partial charge in [-0.25, -0.2) is 0 Å². The maximum atomic E-state index is 12.0. The fourth-order valence-corrected chi connectivity index (χ4v) is 2.44. The first-order chi connectivity index (χ1) is 7.76. The van der Waals surface area contributed by atoms with Gasteiger partial charge in [0.05, 0.1) is 5.69 Å². The van der Waals surface area contributed by atoms with Crippen LogP contribution in [0, 0.1) is 5.92 Å². The Morgan fingerprint density at radius 3 is 3.00 bits per heavy atom. The topological polar surface area (TPSA) is 66.3 Å². The smallest absolute Gasteiger partial charge is 0.267 e. The zero-order valence-electron chi connectivity index (χ0n) is 9.22. The summed E-state index contributed by atoms with van der Waals surface area (Å²) in [6, 6.07) is 0. The molecule has 5 nitrogen and oxygen atoms in total. The number of aryl methyl sites for hydroxylation is 1. The van der Waals surface area contributed by atoms with E-state index in [-0.39, 0.29) is 18.4 Å². The first-order valence-corrected chi connectivity index (χ1v) is 6.25. The minimum atomic E-state index is 0.0168. The Labute approximate surface area is 98.2 Å². The Bertz CT molecular complexity index is 374. The number of likely N-dealkylation sites (tertiary alicyclic amines) is 1. The zero-order chi connectivity index (χ0) is 11.5. The van der Waals surface area contributed by atoms with Crippen molar-refractivity contribution >= 4 is 17.4 Å². The Kier molecular flexibility index (Phi) is 3.50. The molecule has 1 aromatic rings. The van der Waals surface area contributed by atoms with E-state index in [4.69, 9.17) is 5.11 Å². The van der Waals surface area contributed by atoms with E-state index < -0.39 is 0 Å². The lowest BCUT2D eigenvalue weighted by atomic mass is 10.0. The van der Waals surface area contributed by atoms with Gasteiger partial charge in [0.1, 0.15) is 4.88 Å². The molecule has 0 spiro atoms. The summed E-state index contributed by atoms with van der Waals surface area (Å²) in [5.41, 5.74) is 0.810. The summed E-state index contributed by atoms with van der Waals surface area (Å²) in [4.78, 5) is 14.4. The molecule has 16 heavy (non-hydrogen) atoms. The average molecular weight is 241 g/mol. The molecular weight excluding hydrogens is 226 g/mol. The summed E-state index contributed by atoms with van der Waals surface area (Å²) in [5, 5.41) is 12.9. The molecule has 1 saturated heterocycles. The molecule has 0 aliphatic carbocycles. The monoisotopic (exact) mass is 241 g/mol. The predicted octanol–water partition coefficient (Wildman–Crippen LogP) is 0.555. The average Bonchev–Trinajstić information content (AvgIpc) is 2.65. The minimum absolute atomic E-state index is 0.0168. The second-order valence-corrected chi connectivity index (χ2v) is 4.81. The normalized spacial score (nSPS) is 16.2. The molecule has 1 N–H and O–H groups in total. The Morgan fingerprint density at radius 1 is 1.62 bits per heavy atom. The van der Waals surface area contributed by atoms with Crippen molar-refractivity contribution in [3.63, 3.8) is 0 Å². The van der Waals surface area contributed by atoms with Gasteiger partial charge in [0.2, 0.25) is 0 Å². The van der Waals surface area contributed by atoms with Gasteiger partial charge in [-0.05, 0) is 18.0 Å². The molecule has 0 radical (unpaired) electrons. The van der Waals surface area contributed by atoms with E-state index in [1.165, 1.54) is 11.5 Å². The van der Waals surface area contributed by atoms with E-state index in [1.807, 2.05) is 0 Å². The zero-order valence-corrected chi connectivity index (χ0v) is 10.0. The van der Waals surface area contributed by atoms with Gasteiger partial charge in [-0.15, -0.1) is 5.10 Å². The van der Waals surface area contributed by atoms with E-state index >= 15 is 0 Å². The van der Waals surface area contributed by atoms with Crippen LogP contribution in [0.25, 0.3) is 0 Å². The number of carbonyl (C=O) groups is 1.